The van der Waals surface area contributed by atoms with E-state index in [0.717, 1.165) is 6.42 Å². The van der Waals surface area contributed by atoms with Crippen molar-refractivity contribution in [2.24, 2.45) is 7.05 Å². The number of ether oxygens (including phenoxy) is 1. The van der Waals surface area contributed by atoms with Gasteiger partial charge in [0.25, 0.3) is 0 Å². The Labute approximate surface area is 133 Å². The number of esters is 1. The van der Waals surface area contributed by atoms with E-state index in [1.165, 1.54) is 22.0 Å². The van der Waals surface area contributed by atoms with Gasteiger partial charge in [0.1, 0.15) is 5.60 Å². The monoisotopic (exact) mass is 301 g/mol. The maximum absolute atomic E-state index is 11.8. The molecule has 1 aromatic heterocycles. The largest absolute Gasteiger partial charge is 0.460 e. The number of aryl methyl sites for hydroxylation is 2. The minimum atomic E-state index is -0.411. The van der Waals surface area contributed by atoms with Crippen LogP contribution in [0.25, 0.3) is 10.9 Å². The van der Waals surface area contributed by atoms with E-state index in [-0.39, 0.29) is 5.97 Å². The number of carbonyl (C=O) groups is 1. The summed E-state index contributed by atoms with van der Waals surface area (Å²) in [6.07, 6.45) is 3.34. The van der Waals surface area contributed by atoms with Gasteiger partial charge in [-0.3, -0.25) is 4.79 Å². The van der Waals surface area contributed by atoms with E-state index in [1.807, 2.05) is 20.8 Å². The van der Waals surface area contributed by atoms with Gasteiger partial charge in [0, 0.05) is 30.6 Å². The van der Waals surface area contributed by atoms with Gasteiger partial charge in [-0.25, -0.2) is 0 Å². The SMILES string of the molecule is CC(C)c1cn(C)c2ccc(CCC(=O)OC(C)(C)C)cc12. The fraction of sp³-hybridized carbons (Fsp3) is 0.526. The third-order valence-corrected chi connectivity index (χ3v) is 3.74. The molecule has 3 heteroatoms. The second-order valence-electron chi connectivity index (χ2n) is 7.29. The van der Waals surface area contributed by atoms with Crippen LogP contribution in [0.2, 0.25) is 0 Å². The van der Waals surface area contributed by atoms with Gasteiger partial charge in [0.2, 0.25) is 0 Å². The van der Waals surface area contributed by atoms with Crippen LogP contribution in [0.1, 0.15) is 58.1 Å². The number of rotatable bonds is 4. The first-order valence-electron chi connectivity index (χ1n) is 7.97. The molecule has 0 radical (unpaired) electrons. The van der Waals surface area contributed by atoms with Gasteiger partial charge < -0.3 is 9.30 Å². The molecule has 0 aliphatic rings. The van der Waals surface area contributed by atoms with Crippen molar-refractivity contribution < 1.29 is 9.53 Å². The molecule has 0 fully saturated rings. The summed E-state index contributed by atoms with van der Waals surface area (Å²) < 4.78 is 7.54. The Morgan fingerprint density at radius 2 is 1.95 bits per heavy atom. The van der Waals surface area contributed by atoms with E-state index >= 15 is 0 Å². The van der Waals surface area contributed by atoms with E-state index in [9.17, 15) is 4.79 Å². The normalized spacial score (nSPS) is 12.1. The standard InChI is InChI=1S/C19H27NO2/c1-13(2)16-12-20(6)17-9-7-14(11-15(16)17)8-10-18(21)22-19(3,4)5/h7,9,11-13H,8,10H2,1-6H3. The molecule has 0 atom stereocenters. The van der Waals surface area contributed by atoms with Crippen LogP contribution >= 0.6 is 0 Å². The van der Waals surface area contributed by atoms with Crippen molar-refractivity contribution in [3.05, 3.63) is 35.5 Å². The molecule has 0 unspecified atom stereocenters. The molecule has 0 aliphatic carbocycles. The van der Waals surface area contributed by atoms with Gasteiger partial charge in [-0.15, -0.1) is 0 Å². The van der Waals surface area contributed by atoms with E-state index in [0.29, 0.717) is 12.3 Å². The van der Waals surface area contributed by atoms with Crippen molar-refractivity contribution in [3.8, 4) is 0 Å². The minimum Gasteiger partial charge on any atom is -0.460 e. The van der Waals surface area contributed by atoms with Crippen molar-refractivity contribution in [1.29, 1.82) is 0 Å². The molecular formula is C19H27NO2. The van der Waals surface area contributed by atoms with Crippen molar-refractivity contribution in [3.63, 3.8) is 0 Å². The van der Waals surface area contributed by atoms with E-state index < -0.39 is 5.60 Å². The molecule has 0 saturated carbocycles. The molecular weight excluding hydrogens is 274 g/mol. The van der Waals surface area contributed by atoms with Crippen molar-refractivity contribution in [2.45, 2.75) is 59.0 Å². The lowest BCUT2D eigenvalue weighted by atomic mass is 10.00. The van der Waals surface area contributed by atoms with Crippen molar-refractivity contribution in [1.82, 2.24) is 4.57 Å². The molecule has 120 valence electrons. The number of benzene rings is 1. The first-order valence-corrected chi connectivity index (χ1v) is 7.97. The van der Waals surface area contributed by atoms with E-state index in [2.05, 4.69) is 49.9 Å². The highest BCUT2D eigenvalue weighted by atomic mass is 16.6. The zero-order valence-electron chi connectivity index (χ0n) is 14.6. The number of carbonyl (C=O) groups excluding carboxylic acids is 1. The van der Waals surface area contributed by atoms with E-state index in [4.69, 9.17) is 4.74 Å². The van der Waals surface area contributed by atoms with Crippen LogP contribution in [-0.2, 0) is 23.0 Å². The number of fused-ring (bicyclic) bond motifs is 1. The zero-order valence-corrected chi connectivity index (χ0v) is 14.6. The Hall–Kier alpha value is -1.77. The van der Waals surface area contributed by atoms with Crippen LogP contribution in [0.5, 0.6) is 0 Å². The van der Waals surface area contributed by atoms with Crippen LogP contribution in [0.15, 0.2) is 24.4 Å². The van der Waals surface area contributed by atoms with Crippen molar-refractivity contribution >= 4 is 16.9 Å². The van der Waals surface area contributed by atoms with Crippen LogP contribution in [0.4, 0.5) is 0 Å². The van der Waals surface area contributed by atoms with Crippen molar-refractivity contribution in [2.75, 3.05) is 0 Å². The minimum absolute atomic E-state index is 0.134. The second kappa shape index (κ2) is 6.15. The Morgan fingerprint density at radius 3 is 2.55 bits per heavy atom. The van der Waals surface area contributed by atoms with Crippen LogP contribution in [0, 0.1) is 0 Å². The number of nitrogens with zero attached hydrogens (tertiary/aromatic N) is 1. The highest BCUT2D eigenvalue weighted by molar-refractivity contribution is 5.85. The zero-order chi connectivity index (χ0) is 16.5. The fourth-order valence-corrected chi connectivity index (χ4v) is 2.72. The summed E-state index contributed by atoms with van der Waals surface area (Å²) in [5.74, 6) is 0.356. The predicted molar refractivity (Wildman–Crippen MR) is 91.2 cm³/mol. The molecule has 0 bridgehead atoms. The van der Waals surface area contributed by atoms with Gasteiger partial charge in [-0.2, -0.15) is 0 Å². The van der Waals surface area contributed by atoms with Crippen LogP contribution in [-0.4, -0.2) is 16.1 Å². The summed E-state index contributed by atoms with van der Waals surface area (Å²) in [6.45, 7) is 10.1. The molecule has 22 heavy (non-hydrogen) atoms. The first-order chi connectivity index (χ1) is 10.2. The molecule has 0 saturated heterocycles. The van der Waals surface area contributed by atoms with E-state index in [1.54, 1.807) is 0 Å². The summed E-state index contributed by atoms with van der Waals surface area (Å²) in [5, 5.41) is 1.29. The lowest BCUT2D eigenvalue weighted by Crippen LogP contribution is -2.24. The second-order valence-corrected chi connectivity index (χ2v) is 7.29. The van der Waals surface area contributed by atoms with Gasteiger partial charge >= 0.3 is 5.97 Å². The third-order valence-electron chi connectivity index (χ3n) is 3.74. The number of hydrogen-bond donors (Lipinski definition) is 0. The summed E-state index contributed by atoms with van der Waals surface area (Å²) in [4.78, 5) is 11.8. The highest BCUT2D eigenvalue weighted by Crippen LogP contribution is 2.28. The van der Waals surface area contributed by atoms with Gasteiger partial charge in [0.15, 0.2) is 0 Å². The number of hydrogen-bond acceptors (Lipinski definition) is 2. The average molecular weight is 301 g/mol. The lowest BCUT2D eigenvalue weighted by Gasteiger charge is -2.19. The van der Waals surface area contributed by atoms with Gasteiger partial charge in [-0.05, 0) is 56.4 Å². The molecule has 2 aromatic rings. The summed E-state index contributed by atoms with van der Waals surface area (Å²) in [7, 11) is 2.08. The maximum Gasteiger partial charge on any atom is 0.306 e. The van der Waals surface area contributed by atoms with Crippen LogP contribution in [0.3, 0.4) is 0 Å². The Bertz CT molecular complexity index is 675. The Balaban J connectivity index is 2.16. The molecule has 0 spiro atoms. The maximum atomic E-state index is 11.8. The molecule has 1 heterocycles. The summed E-state index contributed by atoms with van der Waals surface area (Å²) in [6, 6.07) is 6.47. The molecule has 0 amide bonds. The Morgan fingerprint density at radius 1 is 1.27 bits per heavy atom. The molecule has 2 rings (SSSR count). The molecule has 0 N–H and O–H groups in total. The third kappa shape index (κ3) is 3.90. The summed E-state index contributed by atoms with van der Waals surface area (Å²) in [5.41, 5.74) is 3.37. The number of aromatic nitrogens is 1. The smallest absolute Gasteiger partial charge is 0.306 e. The van der Waals surface area contributed by atoms with Gasteiger partial charge in [-0.1, -0.05) is 19.9 Å². The Kier molecular flexibility index (Phi) is 4.64. The topological polar surface area (TPSA) is 31.2 Å². The summed E-state index contributed by atoms with van der Waals surface area (Å²) >= 11 is 0. The molecule has 0 aliphatic heterocycles. The highest BCUT2D eigenvalue weighted by Gasteiger charge is 2.16. The predicted octanol–water partition coefficient (Wildman–Crippen LogP) is 4.58. The van der Waals surface area contributed by atoms with Gasteiger partial charge in [0.05, 0.1) is 0 Å². The fourth-order valence-electron chi connectivity index (χ4n) is 2.72. The van der Waals surface area contributed by atoms with Crippen LogP contribution < -0.4 is 0 Å². The quantitative estimate of drug-likeness (QED) is 0.774. The lowest BCUT2D eigenvalue weighted by molar-refractivity contribution is -0.154. The molecule has 3 nitrogen and oxygen atoms in total. The first kappa shape index (κ1) is 16.6. The molecule has 1 aromatic carbocycles. The average Bonchev–Trinajstić information content (AvgIpc) is 2.72.